The summed E-state index contributed by atoms with van der Waals surface area (Å²) in [5.74, 6) is 0.168. The van der Waals surface area contributed by atoms with Gasteiger partial charge >= 0.3 is 0 Å². The number of oxazole rings is 1. The Kier molecular flexibility index (Phi) is 5.24. The molecule has 0 saturated carbocycles. The fourth-order valence-electron chi connectivity index (χ4n) is 2.96. The molecule has 1 aromatic heterocycles. The zero-order valence-corrected chi connectivity index (χ0v) is 15.8. The molecule has 0 fully saturated rings. The average Bonchev–Trinajstić information content (AvgIpc) is 3.16. The fraction of sp³-hybridized carbons (Fsp3) is 0.130. The van der Waals surface area contributed by atoms with E-state index >= 15 is 0 Å². The van der Waals surface area contributed by atoms with Crippen LogP contribution in [0.4, 0.5) is 10.1 Å². The molecule has 4 rings (SSSR count). The number of benzene rings is 3. The smallest absolute Gasteiger partial charge is 0.265 e. The second-order valence-corrected chi connectivity index (χ2v) is 6.50. The third-order valence-corrected chi connectivity index (χ3v) is 4.44. The Morgan fingerprint density at radius 2 is 1.86 bits per heavy atom. The number of amides is 1. The van der Waals surface area contributed by atoms with Crippen LogP contribution >= 0.6 is 0 Å². The van der Waals surface area contributed by atoms with E-state index in [1.165, 1.54) is 6.07 Å². The largest absolute Gasteiger partial charge is 0.481 e. The zero-order chi connectivity index (χ0) is 20.2. The monoisotopic (exact) mass is 390 g/mol. The summed E-state index contributed by atoms with van der Waals surface area (Å²) in [4.78, 5) is 17.0. The first-order chi connectivity index (χ1) is 14.1. The predicted molar refractivity (Wildman–Crippen MR) is 109 cm³/mol. The average molecular weight is 390 g/mol. The minimum Gasteiger partial charge on any atom is -0.481 e. The molecule has 3 aromatic carbocycles. The van der Waals surface area contributed by atoms with Crippen LogP contribution in [0.25, 0.3) is 22.6 Å². The number of para-hydroxylation sites is 1. The van der Waals surface area contributed by atoms with E-state index in [-0.39, 0.29) is 17.4 Å². The lowest BCUT2D eigenvalue weighted by molar-refractivity contribution is -0.122. The van der Waals surface area contributed by atoms with Crippen molar-refractivity contribution in [3.8, 4) is 17.2 Å². The second-order valence-electron chi connectivity index (χ2n) is 6.50. The van der Waals surface area contributed by atoms with E-state index in [9.17, 15) is 9.18 Å². The number of fused-ring (bicyclic) bond motifs is 1. The first-order valence-electron chi connectivity index (χ1n) is 9.32. The number of nitrogens with zero attached hydrogens (tertiary/aromatic N) is 1. The number of hydrogen-bond acceptors (Lipinski definition) is 4. The van der Waals surface area contributed by atoms with Crippen molar-refractivity contribution in [2.45, 2.75) is 19.4 Å². The molecule has 0 saturated heterocycles. The van der Waals surface area contributed by atoms with Crippen LogP contribution in [-0.4, -0.2) is 17.0 Å². The number of nitrogens with one attached hydrogen (secondary N) is 1. The van der Waals surface area contributed by atoms with Crippen LogP contribution in [0.2, 0.25) is 0 Å². The van der Waals surface area contributed by atoms with Gasteiger partial charge < -0.3 is 14.5 Å². The van der Waals surface area contributed by atoms with Gasteiger partial charge in [-0.2, -0.15) is 0 Å². The van der Waals surface area contributed by atoms with Gasteiger partial charge in [-0.1, -0.05) is 37.3 Å². The number of ether oxygens (including phenoxy) is 1. The quantitative estimate of drug-likeness (QED) is 0.477. The zero-order valence-electron chi connectivity index (χ0n) is 15.8. The van der Waals surface area contributed by atoms with Crippen LogP contribution in [-0.2, 0) is 4.79 Å². The first-order valence-corrected chi connectivity index (χ1v) is 9.32. The molecule has 1 N–H and O–H groups in total. The number of hydrogen-bond donors (Lipinski definition) is 1. The Hall–Kier alpha value is -3.67. The van der Waals surface area contributed by atoms with Gasteiger partial charge in [0, 0.05) is 5.69 Å². The fourth-order valence-corrected chi connectivity index (χ4v) is 2.96. The number of carbonyl (C=O) groups is 1. The second kappa shape index (κ2) is 8.14. The molecule has 0 aliphatic rings. The Labute approximate surface area is 167 Å². The molecule has 0 bridgehead atoms. The van der Waals surface area contributed by atoms with Gasteiger partial charge in [-0.15, -0.1) is 0 Å². The van der Waals surface area contributed by atoms with Crippen LogP contribution in [0.3, 0.4) is 0 Å². The molecule has 0 aliphatic carbocycles. The van der Waals surface area contributed by atoms with Crippen LogP contribution in [0.5, 0.6) is 5.75 Å². The molecule has 29 heavy (non-hydrogen) atoms. The molecule has 0 radical (unpaired) electrons. The maximum absolute atomic E-state index is 14.0. The maximum atomic E-state index is 14.0. The topological polar surface area (TPSA) is 64.4 Å². The Bertz CT molecular complexity index is 1140. The van der Waals surface area contributed by atoms with E-state index in [0.29, 0.717) is 29.0 Å². The van der Waals surface area contributed by atoms with Gasteiger partial charge in [0.15, 0.2) is 11.7 Å². The standard InChI is InChI=1S/C23H19FN2O3/c1-2-20(28-16-8-4-3-5-9-16)22(27)25-15-12-13-21-19(14-15)26-23(29-21)17-10-6-7-11-18(17)24/h3-14,20H,2H2,1H3,(H,25,27)/t20-/m0/s1. The minimum absolute atomic E-state index is 0.195. The molecule has 1 amide bonds. The molecule has 1 atom stereocenters. The number of anilines is 1. The summed E-state index contributed by atoms with van der Waals surface area (Å²) >= 11 is 0. The number of carbonyl (C=O) groups excluding carboxylic acids is 1. The molecule has 0 aliphatic heterocycles. The van der Waals surface area contributed by atoms with E-state index in [1.54, 1.807) is 36.4 Å². The van der Waals surface area contributed by atoms with Crippen molar-refractivity contribution in [2.75, 3.05) is 5.32 Å². The van der Waals surface area contributed by atoms with Crippen molar-refractivity contribution in [2.24, 2.45) is 0 Å². The SMILES string of the molecule is CC[C@H](Oc1ccccc1)C(=O)Nc1ccc2oc(-c3ccccc3F)nc2c1. The van der Waals surface area contributed by atoms with E-state index in [0.717, 1.165) is 0 Å². The molecule has 146 valence electrons. The molecule has 6 heteroatoms. The summed E-state index contributed by atoms with van der Waals surface area (Å²) in [5, 5.41) is 2.85. The van der Waals surface area contributed by atoms with Gasteiger partial charge in [0.1, 0.15) is 17.1 Å². The van der Waals surface area contributed by atoms with Crippen molar-refractivity contribution in [1.82, 2.24) is 4.98 Å². The third-order valence-electron chi connectivity index (χ3n) is 4.44. The van der Waals surface area contributed by atoms with E-state index in [2.05, 4.69) is 10.3 Å². The summed E-state index contributed by atoms with van der Waals surface area (Å²) in [6, 6.07) is 20.6. The van der Waals surface area contributed by atoms with Crippen molar-refractivity contribution in [3.05, 3.63) is 78.6 Å². The number of halogens is 1. The van der Waals surface area contributed by atoms with Gasteiger partial charge in [0.05, 0.1) is 5.56 Å². The Balaban J connectivity index is 1.53. The summed E-state index contributed by atoms with van der Waals surface area (Å²) in [5.41, 5.74) is 1.88. The molecular formula is C23H19FN2O3. The van der Waals surface area contributed by atoms with E-state index in [4.69, 9.17) is 9.15 Å². The Morgan fingerprint density at radius 1 is 1.10 bits per heavy atom. The van der Waals surface area contributed by atoms with Gasteiger partial charge in [-0.05, 0) is 48.9 Å². The lowest BCUT2D eigenvalue weighted by atomic mass is 10.2. The van der Waals surface area contributed by atoms with Gasteiger partial charge in [-0.25, -0.2) is 9.37 Å². The highest BCUT2D eigenvalue weighted by molar-refractivity contribution is 5.96. The van der Waals surface area contributed by atoms with Crippen molar-refractivity contribution >= 4 is 22.7 Å². The van der Waals surface area contributed by atoms with Gasteiger partial charge in [0.25, 0.3) is 5.91 Å². The maximum Gasteiger partial charge on any atom is 0.265 e. The molecule has 0 unspecified atom stereocenters. The molecule has 1 heterocycles. The first kappa shape index (κ1) is 18.7. The summed E-state index contributed by atoms with van der Waals surface area (Å²) in [6.45, 7) is 1.88. The highest BCUT2D eigenvalue weighted by Gasteiger charge is 2.19. The van der Waals surface area contributed by atoms with Crippen LogP contribution in [0.1, 0.15) is 13.3 Å². The highest BCUT2D eigenvalue weighted by Crippen LogP contribution is 2.28. The third kappa shape index (κ3) is 4.11. The molecule has 5 nitrogen and oxygen atoms in total. The molecule has 0 spiro atoms. The van der Waals surface area contributed by atoms with E-state index in [1.807, 2.05) is 37.3 Å². The molecule has 4 aromatic rings. The van der Waals surface area contributed by atoms with Crippen molar-refractivity contribution in [1.29, 1.82) is 0 Å². The normalized spacial score (nSPS) is 11.9. The van der Waals surface area contributed by atoms with Crippen LogP contribution in [0.15, 0.2) is 77.2 Å². The van der Waals surface area contributed by atoms with E-state index < -0.39 is 11.9 Å². The number of rotatable bonds is 6. The predicted octanol–water partition coefficient (Wildman–Crippen LogP) is 5.43. The highest BCUT2D eigenvalue weighted by atomic mass is 19.1. The summed E-state index contributed by atoms with van der Waals surface area (Å²) < 4.78 is 25.4. The minimum atomic E-state index is -0.626. The lowest BCUT2D eigenvalue weighted by Crippen LogP contribution is -2.32. The van der Waals surface area contributed by atoms with Crippen LogP contribution < -0.4 is 10.1 Å². The summed E-state index contributed by atoms with van der Waals surface area (Å²) in [6.07, 6.45) is -0.107. The van der Waals surface area contributed by atoms with Gasteiger partial charge in [0.2, 0.25) is 5.89 Å². The van der Waals surface area contributed by atoms with Crippen molar-refractivity contribution < 1.29 is 18.3 Å². The number of aromatic nitrogens is 1. The Morgan fingerprint density at radius 3 is 2.62 bits per heavy atom. The van der Waals surface area contributed by atoms with Gasteiger partial charge in [-0.3, -0.25) is 4.79 Å². The van der Waals surface area contributed by atoms with Crippen molar-refractivity contribution in [3.63, 3.8) is 0 Å². The molecular weight excluding hydrogens is 371 g/mol. The summed E-state index contributed by atoms with van der Waals surface area (Å²) in [7, 11) is 0. The van der Waals surface area contributed by atoms with Crippen LogP contribution in [0, 0.1) is 5.82 Å². The lowest BCUT2D eigenvalue weighted by Gasteiger charge is -2.17.